The van der Waals surface area contributed by atoms with Crippen LogP contribution in [0, 0.1) is 12.8 Å². The number of benzene rings is 1. The van der Waals surface area contributed by atoms with Crippen molar-refractivity contribution < 1.29 is 28.9 Å². The molecular formula is C20H29NO6. The quantitative estimate of drug-likeness (QED) is 0.382. The molecule has 0 amide bonds. The number of ether oxygens (including phenoxy) is 3. The summed E-state index contributed by atoms with van der Waals surface area (Å²) in [7, 11) is 1.67. The zero-order valence-electron chi connectivity index (χ0n) is 16.3. The summed E-state index contributed by atoms with van der Waals surface area (Å²) in [6.45, 7) is 4.82. The number of hydrogen-bond donors (Lipinski definition) is 1. The maximum atomic E-state index is 11.0. The van der Waals surface area contributed by atoms with Crippen LogP contribution in [0.4, 0.5) is 0 Å². The van der Waals surface area contributed by atoms with Crippen LogP contribution in [0.2, 0.25) is 0 Å². The fourth-order valence-electron chi connectivity index (χ4n) is 2.85. The molecule has 7 nitrogen and oxygen atoms in total. The SMILES string of the molecule is COc1ccc(CC=NOCCCCC2COC(C)(C(=O)O)OC2)cc1C. The van der Waals surface area contributed by atoms with E-state index in [2.05, 4.69) is 11.2 Å². The van der Waals surface area contributed by atoms with Crippen LogP contribution < -0.4 is 4.74 Å². The maximum absolute atomic E-state index is 11.0. The van der Waals surface area contributed by atoms with Crippen molar-refractivity contribution in [2.45, 2.75) is 45.3 Å². The van der Waals surface area contributed by atoms with E-state index < -0.39 is 11.8 Å². The van der Waals surface area contributed by atoms with Gasteiger partial charge < -0.3 is 24.2 Å². The molecule has 1 saturated heterocycles. The zero-order valence-corrected chi connectivity index (χ0v) is 16.3. The van der Waals surface area contributed by atoms with Crippen molar-refractivity contribution in [3.05, 3.63) is 29.3 Å². The van der Waals surface area contributed by atoms with Gasteiger partial charge in [-0.2, -0.15) is 0 Å². The van der Waals surface area contributed by atoms with Crippen LogP contribution in [0.1, 0.15) is 37.3 Å². The highest BCUT2D eigenvalue weighted by Crippen LogP contribution is 2.24. The predicted octanol–water partition coefficient (Wildman–Crippen LogP) is 3.18. The highest BCUT2D eigenvalue weighted by Gasteiger charge is 2.40. The van der Waals surface area contributed by atoms with Crippen LogP contribution >= 0.6 is 0 Å². The summed E-state index contributed by atoms with van der Waals surface area (Å²) in [5.41, 5.74) is 2.26. The second kappa shape index (κ2) is 10.3. The van der Waals surface area contributed by atoms with Gasteiger partial charge >= 0.3 is 5.97 Å². The summed E-state index contributed by atoms with van der Waals surface area (Å²) in [5.74, 6) is -1.49. The van der Waals surface area contributed by atoms with Gasteiger partial charge in [0, 0.05) is 25.5 Å². The second-order valence-electron chi connectivity index (χ2n) is 6.86. The number of aliphatic carboxylic acids is 1. The molecule has 0 saturated carbocycles. The van der Waals surface area contributed by atoms with Gasteiger partial charge in [0.1, 0.15) is 12.4 Å². The van der Waals surface area contributed by atoms with E-state index in [1.54, 1.807) is 13.3 Å². The Kier molecular flexibility index (Phi) is 8.06. The number of methoxy groups -OCH3 is 1. The van der Waals surface area contributed by atoms with Crippen molar-refractivity contribution in [3.63, 3.8) is 0 Å². The van der Waals surface area contributed by atoms with Crippen molar-refractivity contribution in [3.8, 4) is 5.75 Å². The first kappa shape index (κ1) is 21.2. The highest BCUT2D eigenvalue weighted by molar-refractivity contribution is 5.75. The summed E-state index contributed by atoms with van der Waals surface area (Å²) in [6, 6.07) is 6.05. The number of nitrogens with zero attached hydrogens (tertiary/aromatic N) is 1. The van der Waals surface area contributed by atoms with Gasteiger partial charge in [-0.25, -0.2) is 4.79 Å². The van der Waals surface area contributed by atoms with Gasteiger partial charge in [-0.15, -0.1) is 0 Å². The molecule has 0 bridgehead atoms. The first-order valence-corrected chi connectivity index (χ1v) is 9.23. The molecule has 27 heavy (non-hydrogen) atoms. The number of oxime groups is 1. The number of carbonyl (C=O) groups is 1. The van der Waals surface area contributed by atoms with Crippen LogP contribution in [0.15, 0.2) is 23.4 Å². The van der Waals surface area contributed by atoms with Crippen molar-refractivity contribution >= 4 is 12.2 Å². The fourth-order valence-corrected chi connectivity index (χ4v) is 2.85. The predicted molar refractivity (Wildman–Crippen MR) is 101 cm³/mol. The van der Waals surface area contributed by atoms with E-state index >= 15 is 0 Å². The van der Waals surface area contributed by atoms with E-state index in [-0.39, 0.29) is 5.92 Å². The van der Waals surface area contributed by atoms with E-state index in [0.29, 0.717) is 26.2 Å². The lowest BCUT2D eigenvalue weighted by atomic mass is 10.0. The molecule has 0 aliphatic carbocycles. The molecule has 0 unspecified atom stereocenters. The molecule has 2 rings (SSSR count). The Labute approximate surface area is 160 Å². The number of carboxylic acid groups (broad SMARTS) is 1. The van der Waals surface area contributed by atoms with Gasteiger partial charge in [0.05, 0.1) is 20.3 Å². The van der Waals surface area contributed by atoms with E-state index in [9.17, 15) is 4.79 Å². The summed E-state index contributed by atoms with van der Waals surface area (Å²) < 4.78 is 15.9. The topological polar surface area (TPSA) is 86.6 Å². The standard InChI is InChI=1S/C20H29NO6/c1-15-12-16(7-8-18(15)24-3)9-10-21-27-11-5-4-6-17-13-25-20(2,19(22)23)26-14-17/h7-8,10,12,17H,4-6,9,11,13-14H2,1-3H3,(H,22,23). The molecule has 7 heteroatoms. The Bertz CT molecular complexity index is 637. The van der Waals surface area contributed by atoms with Crippen molar-refractivity contribution in [1.82, 2.24) is 0 Å². The van der Waals surface area contributed by atoms with Crippen molar-refractivity contribution in [1.29, 1.82) is 0 Å². The molecule has 1 heterocycles. The number of rotatable bonds is 10. The number of unbranched alkanes of at least 4 members (excludes halogenated alkanes) is 1. The largest absolute Gasteiger partial charge is 0.496 e. The summed E-state index contributed by atoms with van der Waals surface area (Å²) >= 11 is 0. The fraction of sp³-hybridized carbons (Fsp3) is 0.600. The Morgan fingerprint density at radius 3 is 2.74 bits per heavy atom. The lowest BCUT2D eigenvalue weighted by Crippen LogP contribution is -2.47. The molecular weight excluding hydrogens is 350 g/mol. The Morgan fingerprint density at radius 2 is 2.11 bits per heavy atom. The van der Waals surface area contributed by atoms with Crippen LogP contribution in [0.25, 0.3) is 0 Å². The third-order valence-electron chi connectivity index (χ3n) is 4.61. The van der Waals surface area contributed by atoms with E-state index in [1.807, 2.05) is 19.1 Å². The van der Waals surface area contributed by atoms with Crippen LogP contribution in [-0.2, 0) is 25.5 Å². The number of carboxylic acids is 1. The molecule has 1 N–H and O–H groups in total. The Balaban J connectivity index is 1.54. The molecule has 150 valence electrons. The minimum atomic E-state index is -1.50. The van der Waals surface area contributed by atoms with Gasteiger partial charge in [0.2, 0.25) is 0 Å². The van der Waals surface area contributed by atoms with Gasteiger partial charge in [0.25, 0.3) is 5.79 Å². The minimum Gasteiger partial charge on any atom is -0.496 e. The van der Waals surface area contributed by atoms with E-state index in [0.717, 1.165) is 36.1 Å². The van der Waals surface area contributed by atoms with Crippen LogP contribution in [0.3, 0.4) is 0 Å². The smallest absolute Gasteiger partial charge is 0.364 e. The molecule has 0 aromatic heterocycles. The summed E-state index contributed by atoms with van der Waals surface area (Å²) in [5, 5.41) is 13.0. The van der Waals surface area contributed by atoms with Crippen molar-refractivity contribution in [2.24, 2.45) is 11.1 Å². The molecule has 0 spiro atoms. The normalized spacial score (nSPS) is 22.7. The van der Waals surface area contributed by atoms with Gasteiger partial charge in [-0.05, 0) is 43.4 Å². The van der Waals surface area contributed by atoms with E-state index in [4.69, 9.17) is 24.2 Å². The van der Waals surface area contributed by atoms with Crippen LogP contribution in [-0.4, -0.2) is 50.0 Å². The van der Waals surface area contributed by atoms with Crippen molar-refractivity contribution in [2.75, 3.05) is 26.9 Å². The first-order valence-electron chi connectivity index (χ1n) is 9.23. The monoisotopic (exact) mass is 379 g/mol. The average Bonchev–Trinajstić information content (AvgIpc) is 2.65. The maximum Gasteiger partial charge on any atom is 0.364 e. The summed E-state index contributed by atoms with van der Waals surface area (Å²) in [4.78, 5) is 16.3. The molecule has 0 atom stereocenters. The van der Waals surface area contributed by atoms with Gasteiger partial charge in [-0.3, -0.25) is 0 Å². The van der Waals surface area contributed by atoms with Gasteiger partial charge in [-0.1, -0.05) is 17.3 Å². The first-order chi connectivity index (χ1) is 12.9. The summed E-state index contributed by atoms with van der Waals surface area (Å²) in [6.07, 6.45) is 5.22. The van der Waals surface area contributed by atoms with E-state index in [1.165, 1.54) is 6.92 Å². The number of hydrogen-bond acceptors (Lipinski definition) is 6. The second-order valence-corrected chi connectivity index (χ2v) is 6.86. The zero-order chi connectivity index (χ0) is 19.7. The van der Waals surface area contributed by atoms with Gasteiger partial charge in [0.15, 0.2) is 0 Å². The third kappa shape index (κ3) is 6.52. The third-order valence-corrected chi connectivity index (χ3v) is 4.61. The lowest BCUT2D eigenvalue weighted by Gasteiger charge is -2.34. The molecule has 0 radical (unpaired) electrons. The van der Waals surface area contributed by atoms with Crippen LogP contribution in [0.5, 0.6) is 5.75 Å². The molecule has 1 aliphatic rings. The minimum absolute atomic E-state index is 0.222. The molecule has 1 aromatic carbocycles. The average molecular weight is 379 g/mol. The number of aryl methyl sites for hydroxylation is 1. The lowest BCUT2D eigenvalue weighted by molar-refractivity contribution is -0.271. The molecule has 1 fully saturated rings. The Morgan fingerprint density at radius 1 is 1.37 bits per heavy atom. The highest BCUT2D eigenvalue weighted by atomic mass is 16.7. The Hall–Kier alpha value is -2.12. The molecule has 1 aliphatic heterocycles. The molecule has 1 aromatic rings.